The third kappa shape index (κ3) is 3.88. The number of hydrogen-bond donors (Lipinski definition) is 1. The van der Waals surface area contributed by atoms with E-state index in [1.807, 2.05) is 0 Å². The summed E-state index contributed by atoms with van der Waals surface area (Å²) in [6, 6.07) is 7.85. The number of nitrogens with zero attached hydrogens (tertiary/aromatic N) is 2. The second-order valence-electron chi connectivity index (χ2n) is 4.65. The Balaban J connectivity index is 2.10. The fourth-order valence-corrected chi connectivity index (χ4v) is 2.01. The lowest BCUT2D eigenvalue weighted by Crippen LogP contribution is -2.25. The van der Waals surface area contributed by atoms with Gasteiger partial charge in [-0.2, -0.15) is 5.10 Å². The Bertz CT molecular complexity index is 625. The molecule has 6 heteroatoms. The Morgan fingerprint density at radius 1 is 1.43 bits per heavy atom. The molecule has 0 aliphatic heterocycles. The standard InChI is InChI=1S/C15H18FN3O2/c1-19-14(11-5-3-6-12(16)9-11)10-13(18-19)15(20)17-7-4-8-21-2/h3,5-6,9-10H,4,7-8H2,1-2H3,(H,17,20). The van der Waals surface area contributed by atoms with Crippen LogP contribution in [0.15, 0.2) is 30.3 Å². The summed E-state index contributed by atoms with van der Waals surface area (Å²) in [5, 5.41) is 6.93. The molecular formula is C15H18FN3O2. The van der Waals surface area contributed by atoms with Crippen molar-refractivity contribution in [1.29, 1.82) is 0 Å². The summed E-state index contributed by atoms with van der Waals surface area (Å²) in [7, 11) is 3.34. The number of ether oxygens (including phenoxy) is 1. The van der Waals surface area contributed by atoms with Crippen LogP contribution in [0.5, 0.6) is 0 Å². The highest BCUT2D eigenvalue weighted by Crippen LogP contribution is 2.20. The zero-order chi connectivity index (χ0) is 15.2. The van der Waals surface area contributed by atoms with Crippen LogP contribution in [0.2, 0.25) is 0 Å². The van der Waals surface area contributed by atoms with Gasteiger partial charge in [-0.3, -0.25) is 9.48 Å². The Morgan fingerprint density at radius 3 is 2.95 bits per heavy atom. The molecular weight excluding hydrogens is 273 g/mol. The molecule has 1 amide bonds. The van der Waals surface area contributed by atoms with E-state index in [1.165, 1.54) is 12.1 Å². The van der Waals surface area contributed by atoms with Gasteiger partial charge in [0.15, 0.2) is 5.69 Å². The minimum absolute atomic E-state index is 0.246. The first-order valence-electron chi connectivity index (χ1n) is 6.69. The fraction of sp³-hybridized carbons (Fsp3) is 0.333. The largest absolute Gasteiger partial charge is 0.385 e. The summed E-state index contributed by atoms with van der Waals surface area (Å²) in [5.41, 5.74) is 1.69. The van der Waals surface area contributed by atoms with Crippen LogP contribution >= 0.6 is 0 Å². The average molecular weight is 291 g/mol. The van der Waals surface area contributed by atoms with Gasteiger partial charge in [-0.25, -0.2) is 4.39 Å². The van der Waals surface area contributed by atoms with Gasteiger partial charge in [-0.05, 0) is 24.6 Å². The Hall–Kier alpha value is -2.21. The van der Waals surface area contributed by atoms with E-state index in [0.717, 1.165) is 6.42 Å². The second-order valence-corrected chi connectivity index (χ2v) is 4.65. The van der Waals surface area contributed by atoms with Crippen LogP contribution in [0.1, 0.15) is 16.9 Å². The molecule has 0 aliphatic rings. The molecule has 1 heterocycles. The third-order valence-corrected chi connectivity index (χ3v) is 3.04. The molecule has 112 valence electrons. The van der Waals surface area contributed by atoms with Crippen LogP contribution < -0.4 is 5.32 Å². The Kier molecular flexibility index (Phi) is 5.05. The van der Waals surface area contributed by atoms with Crippen molar-refractivity contribution in [2.45, 2.75) is 6.42 Å². The van der Waals surface area contributed by atoms with Crippen molar-refractivity contribution >= 4 is 5.91 Å². The summed E-state index contributed by atoms with van der Waals surface area (Å²) in [5.74, 6) is -0.566. The molecule has 0 atom stereocenters. The predicted octanol–water partition coefficient (Wildman–Crippen LogP) is 1.99. The van der Waals surface area contributed by atoms with Gasteiger partial charge < -0.3 is 10.1 Å². The quantitative estimate of drug-likeness (QED) is 0.828. The van der Waals surface area contributed by atoms with Gasteiger partial charge >= 0.3 is 0 Å². The first-order valence-corrected chi connectivity index (χ1v) is 6.69. The molecule has 1 aromatic carbocycles. The lowest BCUT2D eigenvalue weighted by atomic mass is 10.1. The molecule has 2 aromatic rings. The highest BCUT2D eigenvalue weighted by Gasteiger charge is 2.13. The molecule has 0 bridgehead atoms. The van der Waals surface area contributed by atoms with Gasteiger partial charge in [-0.1, -0.05) is 12.1 Å². The Labute approximate surface area is 122 Å². The predicted molar refractivity (Wildman–Crippen MR) is 77.4 cm³/mol. The molecule has 5 nitrogen and oxygen atoms in total. The van der Waals surface area contributed by atoms with E-state index < -0.39 is 0 Å². The molecule has 2 rings (SSSR count). The van der Waals surface area contributed by atoms with Crippen LogP contribution in [0.3, 0.4) is 0 Å². The van der Waals surface area contributed by atoms with Crippen molar-refractivity contribution in [1.82, 2.24) is 15.1 Å². The molecule has 0 radical (unpaired) electrons. The molecule has 0 saturated carbocycles. The van der Waals surface area contributed by atoms with E-state index in [1.54, 1.807) is 37.0 Å². The van der Waals surface area contributed by atoms with Crippen LogP contribution in [-0.2, 0) is 11.8 Å². The van der Waals surface area contributed by atoms with Gasteiger partial charge in [-0.15, -0.1) is 0 Å². The van der Waals surface area contributed by atoms with Gasteiger partial charge in [0.2, 0.25) is 0 Å². The van der Waals surface area contributed by atoms with Crippen molar-refractivity contribution < 1.29 is 13.9 Å². The topological polar surface area (TPSA) is 56.1 Å². The van der Waals surface area contributed by atoms with Crippen LogP contribution in [-0.4, -0.2) is 35.9 Å². The molecule has 0 aliphatic carbocycles. The first-order chi connectivity index (χ1) is 10.1. The number of rotatable bonds is 6. The van der Waals surface area contributed by atoms with Crippen molar-refractivity contribution in [3.8, 4) is 11.3 Å². The summed E-state index contributed by atoms with van der Waals surface area (Å²) in [6.07, 6.45) is 0.742. The SMILES string of the molecule is COCCCNC(=O)c1cc(-c2cccc(F)c2)n(C)n1. The lowest BCUT2D eigenvalue weighted by Gasteiger charge is -2.01. The maximum atomic E-state index is 13.3. The highest BCUT2D eigenvalue weighted by atomic mass is 19.1. The lowest BCUT2D eigenvalue weighted by molar-refractivity contribution is 0.0943. The number of aryl methyl sites for hydroxylation is 1. The van der Waals surface area contributed by atoms with E-state index in [0.29, 0.717) is 30.1 Å². The molecule has 0 unspecified atom stereocenters. The van der Waals surface area contributed by atoms with Gasteiger partial charge in [0, 0.05) is 32.9 Å². The summed E-state index contributed by atoms with van der Waals surface area (Å²) < 4.78 is 19.8. The molecule has 21 heavy (non-hydrogen) atoms. The number of carbonyl (C=O) groups is 1. The number of methoxy groups -OCH3 is 1. The van der Waals surface area contributed by atoms with Crippen molar-refractivity contribution in [2.75, 3.05) is 20.3 Å². The zero-order valence-electron chi connectivity index (χ0n) is 12.1. The molecule has 0 spiro atoms. The minimum Gasteiger partial charge on any atom is -0.385 e. The van der Waals surface area contributed by atoms with Crippen molar-refractivity contribution in [3.05, 3.63) is 41.8 Å². The van der Waals surface area contributed by atoms with Crippen LogP contribution in [0, 0.1) is 5.82 Å². The highest BCUT2D eigenvalue weighted by molar-refractivity contribution is 5.93. The number of hydrogen-bond acceptors (Lipinski definition) is 3. The number of carbonyl (C=O) groups excluding carboxylic acids is 1. The molecule has 0 fully saturated rings. The maximum absolute atomic E-state index is 13.3. The number of amides is 1. The monoisotopic (exact) mass is 291 g/mol. The summed E-state index contributed by atoms with van der Waals surface area (Å²) in [4.78, 5) is 12.0. The molecule has 0 saturated heterocycles. The van der Waals surface area contributed by atoms with E-state index in [9.17, 15) is 9.18 Å². The maximum Gasteiger partial charge on any atom is 0.271 e. The number of benzene rings is 1. The molecule has 1 N–H and O–H groups in total. The van der Waals surface area contributed by atoms with Crippen LogP contribution in [0.4, 0.5) is 4.39 Å². The van der Waals surface area contributed by atoms with Gasteiger partial charge in [0.25, 0.3) is 5.91 Å². The minimum atomic E-state index is -0.320. The summed E-state index contributed by atoms with van der Waals surface area (Å²) >= 11 is 0. The smallest absolute Gasteiger partial charge is 0.271 e. The van der Waals surface area contributed by atoms with E-state index >= 15 is 0 Å². The van der Waals surface area contributed by atoms with Crippen molar-refractivity contribution in [3.63, 3.8) is 0 Å². The third-order valence-electron chi connectivity index (χ3n) is 3.04. The second kappa shape index (κ2) is 6.99. The summed E-state index contributed by atoms with van der Waals surface area (Å²) in [6.45, 7) is 1.12. The number of halogens is 1. The van der Waals surface area contributed by atoms with E-state index in [4.69, 9.17) is 4.74 Å². The zero-order valence-corrected chi connectivity index (χ0v) is 12.1. The number of nitrogens with one attached hydrogen (secondary N) is 1. The van der Waals surface area contributed by atoms with Gasteiger partial charge in [0.05, 0.1) is 5.69 Å². The van der Waals surface area contributed by atoms with E-state index in [2.05, 4.69) is 10.4 Å². The van der Waals surface area contributed by atoms with Gasteiger partial charge in [0.1, 0.15) is 5.82 Å². The fourth-order valence-electron chi connectivity index (χ4n) is 2.01. The van der Waals surface area contributed by atoms with Crippen molar-refractivity contribution in [2.24, 2.45) is 7.05 Å². The average Bonchev–Trinajstić information content (AvgIpc) is 2.85. The Morgan fingerprint density at radius 2 is 2.24 bits per heavy atom. The molecule has 1 aromatic heterocycles. The normalized spacial score (nSPS) is 10.6. The van der Waals surface area contributed by atoms with Crippen LogP contribution in [0.25, 0.3) is 11.3 Å². The van der Waals surface area contributed by atoms with E-state index in [-0.39, 0.29) is 11.7 Å². The first kappa shape index (κ1) is 15.2. The number of aromatic nitrogens is 2.